The normalized spacial score (nSPS) is 15.1. The number of hydrogen-bond acceptors (Lipinski definition) is 11. The van der Waals surface area contributed by atoms with E-state index in [9.17, 15) is 4.79 Å². The molecule has 3 aromatic heterocycles. The van der Waals surface area contributed by atoms with Crippen molar-refractivity contribution in [1.29, 1.82) is 5.41 Å². The maximum absolute atomic E-state index is 12.2. The quantitative estimate of drug-likeness (QED) is 0.150. The van der Waals surface area contributed by atoms with E-state index in [1.54, 1.807) is 29.3 Å². The first-order chi connectivity index (χ1) is 21.3. The van der Waals surface area contributed by atoms with Crippen molar-refractivity contribution in [2.24, 2.45) is 0 Å². The zero-order valence-corrected chi connectivity index (χ0v) is 24.9. The number of halogens is 1. The molecule has 226 valence electrons. The molecule has 0 saturated carbocycles. The topological polar surface area (TPSA) is 162 Å². The van der Waals surface area contributed by atoms with E-state index in [2.05, 4.69) is 45.2 Å². The van der Waals surface area contributed by atoms with E-state index in [-0.39, 0.29) is 28.6 Å². The number of rotatable bonds is 8. The minimum Gasteiger partial charge on any atom is -0.435 e. The molecule has 4 aromatic rings. The van der Waals surface area contributed by atoms with Gasteiger partial charge in [0.15, 0.2) is 5.75 Å². The maximum Gasteiger partial charge on any atom is 0.326 e. The van der Waals surface area contributed by atoms with Gasteiger partial charge < -0.3 is 35.3 Å². The summed E-state index contributed by atoms with van der Waals surface area (Å²) in [5.41, 5.74) is 9.67. The van der Waals surface area contributed by atoms with Crippen LogP contribution in [0.15, 0.2) is 37.6 Å². The van der Waals surface area contributed by atoms with Crippen molar-refractivity contribution >= 4 is 52.2 Å². The van der Waals surface area contributed by atoms with E-state index < -0.39 is 0 Å². The Balaban J connectivity index is 1.46. The van der Waals surface area contributed by atoms with Gasteiger partial charge in [-0.3, -0.25) is 9.89 Å². The third-order valence-electron chi connectivity index (χ3n) is 7.76. The fraction of sp³-hybridized carbons (Fsp3) is 0.267. The standard InChI is InChI=1S/C30H31ClN10O3/c1-4-17-14-21(33)20(15-32)26(24(17)31)43-29-25-19(6-8-34-29)27(41-12-10-40(11-13-41)23(42)5-2)36-30(35-25)44-28-18-7-9-39(3)16-22(18)37-38-28/h4-6,8,14-15,32H,1-2,7,9-13,16,33H2,3H3,(H,37,38). The van der Waals surface area contributed by atoms with Gasteiger partial charge in [0, 0.05) is 62.9 Å². The highest BCUT2D eigenvalue weighted by Crippen LogP contribution is 2.41. The lowest BCUT2D eigenvalue weighted by molar-refractivity contribution is -0.126. The van der Waals surface area contributed by atoms with Gasteiger partial charge in [-0.25, -0.2) is 4.98 Å². The van der Waals surface area contributed by atoms with Crippen molar-refractivity contribution < 1.29 is 14.3 Å². The first-order valence-corrected chi connectivity index (χ1v) is 14.4. The molecule has 0 radical (unpaired) electrons. The molecule has 6 rings (SSSR count). The average Bonchev–Trinajstić information content (AvgIpc) is 3.43. The van der Waals surface area contributed by atoms with Gasteiger partial charge in [-0.2, -0.15) is 9.97 Å². The number of anilines is 2. The zero-order valence-electron chi connectivity index (χ0n) is 24.1. The van der Waals surface area contributed by atoms with Gasteiger partial charge >= 0.3 is 6.01 Å². The smallest absolute Gasteiger partial charge is 0.326 e. The number of nitrogen functional groups attached to an aromatic ring is 1. The molecule has 44 heavy (non-hydrogen) atoms. The van der Waals surface area contributed by atoms with E-state index >= 15 is 0 Å². The summed E-state index contributed by atoms with van der Waals surface area (Å²) in [6.07, 6.45) is 6.30. The molecule has 13 nitrogen and oxygen atoms in total. The van der Waals surface area contributed by atoms with Gasteiger partial charge in [0.1, 0.15) is 11.3 Å². The second-order valence-corrected chi connectivity index (χ2v) is 10.9. The third-order valence-corrected chi connectivity index (χ3v) is 8.15. The van der Waals surface area contributed by atoms with E-state index in [0.29, 0.717) is 65.6 Å². The molecule has 2 aliphatic heterocycles. The lowest BCUT2D eigenvalue weighted by Gasteiger charge is -2.35. The predicted molar refractivity (Wildman–Crippen MR) is 169 cm³/mol. The number of nitrogens with two attached hydrogens (primary N) is 1. The molecule has 4 N–H and O–H groups in total. The van der Waals surface area contributed by atoms with E-state index in [1.807, 2.05) is 0 Å². The Morgan fingerprint density at radius 3 is 2.68 bits per heavy atom. The minimum absolute atomic E-state index is 0.0564. The SMILES string of the molecule is C=CC(=O)N1CCN(c2nc(Oc3n[nH]c4c3CCN(C)C4)nc3c(Oc4c(Cl)c(C=C)cc(N)c4C=N)nccc23)CC1. The zero-order chi connectivity index (χ0) is 31.0. The fourth-order valence-corrected chi connectivity index (χ4v) is 5.67. The maximum atomic E-state index is 12.2. The molecule has 0 spiro atoms. The second-order valence-electron chi connectivity index (χ2n) is 10.5. The third kappa shape index (κ3) is 5.31. The Labute approximate surface area is 258 Å². The first kappa shape index (κ1) is 29.1. The number of aromatic amines is 1. The molecule has 1 amide bonds. The number of benzene rings is 1. The van der Waals surface area contributed by atoms with Crippen molar-refractivity contribution in [2.45, 2.75) is 13.0 Å². The monoisotopic (exact) mass is 614 g/mol. The molecule has 0 bridgehead atoms. The van der Waals surface area contributed by atoms with Gasteiger partial charge in [0.05, 0.1) is 21.7 Å². The number of nitrogens with zero attached hydrogens (tertiary/aromatic N) is 7. The summed E-state index contributed by atoms with van der Waals surface area (Å²) in [6.45, 7) is 11.0. The van der Waals surface area contributed by atoms with E-state index in [0.717, 1.165) is 37.0 Å². The van der Waals surface area contributed by atoms with Gasteiger partial charge in [0.25, 0.3) is 0 Å². The lowest BCUT2D eigenvalue weighted by atomic mass is 10.1. The van der Waals surface area contributed by atoms with Crippen LogP contribution in [0.1, 0.15) is 22.4 Å². The van der Waals surface area contributed by atoms with Crippen LogP contribution in [0.25, 0.3) is 17.0 Å². The van der Waals surface area contributed by atoms with Crippen molar-refractivity contribution in [3.05, 3.63) is 65.0 Å². The Kier molecular flexibility index (Phi) is 7.89. The average molecular weight is 615 g/mol. The number of likely N-dealkylation sites (N-methyl/N-ethyl adjacent to an activating group) is 1. The number of aromatic nitrogens is 5. The van der Waals surface area contributed by atoms with Crippen molar-refractivity contribution in [3.8, 4) is 23.5 Å². The summed E-state index contributed by atoms with van der Waals surface area (Å²) >= 11 is 6.67. The fourth-order valence-electron chi connectivity index (χ4n) is 5.40. The summed E-state index contributed by atoms with van der Waals surface area (Å²) in [5.74, 6) is 1.15. The van der Waals surface area contributed by atoms with Crippen molar-refractivity contribution in [1.82, 2.24) is 34.9 Å². The number of H-pyrrole nitrogens is 1. The number of carbonyl (C=O) groups is 1. The second kappa shape index (κ2) is 11.9. The number of fused-ring (bicyclic) bond motifs is 2. The van der Waals surface area contributed by atoms with E-state index in [4.69, 9.17) is 42.2 Å². The number of nitrogens with one attached hydrogen (secondary N) is 2. The number of ether oxygens (including phenoxy) is 2. The van der Waals surface area contributed by atoms with Gasteiger partial charge in [-0.15, -0.1) is 5.10 Å². The number of pyridine rings is 1. The largest absolute Gasteiger partial charge is 0.435 e. The van der Waals surface area contributed by atoms with Crippen LogP contribution in [0.2, 0.25) is 5.02 Å². The molecule has 0 atom stereocenters. The molecule has 14 heteroatoms. The summed E-state index contributed by atoms with van der Waals surface area (Å²) in [5, 5.41) is 16.3. The molecular formula is C30H31ClN10O3. The Hall–Kier alpha value is -5.01. The Morgan fingerprint density at radius 1 is 1.16 bits per heavy atom. The molecule has 5 heterocycles. The predicted octanol–water partition coefficient (Wildman–Crippen LogP) is 4.03. The highest BCUT2D eigenvalue weighted by molar-refractivity contribution is 6.34. The van der Waals surface area contributed by atoms with Crippen LogP contribution < -0.4 is 20.1 Å². The Morgan fingerprint density at radius 2 is 1.95 bits per heavy atom. The molecular weight excluding hydrogens is 584 g/mol. The summed E-state index contributed by atoms with van der Waals surface area (Å²) in [6, 6.07) is 3.48. The van der Waals surface area contributed by atoms with Crippen LogP contribution in [-0.4, -0.2) is 86.8 Å². The van der Waals surface area contributed by atoms with Crippen molar-refractivity contribution in [3.63, 3.8) is 0 Å². The van der Waals surface area contributed by atoms with Gasteiger partial charge in [-0.1, -0.05) is 30.8 Å². The summed E-state index contributed by atoms with van der Waals surface area (Å²) < 4.78 is 12.5. The molecule has 0 aliphatic carbocycles. The van der Waals surface area contributed by atoms with Gasteiger partial charge in [-0.05, 0) is 37.2 Å². The van der Waals surface area contributed by atoms with Crippen LogP contribution >= 0.6 is 11.6 Å². The Bertz CT molecular complexity index is 1800. The van der Waals surface area contributed by atoms with Crippen LogP contribution in [0, 0.1) is 5.41 Å². The molecule has 1 aromatic carbocycles. The van der Waals surface area contributed by atoms with E-state index in [1.165, 1.54) is 6.08 Å². The lowest BCUT2D eigenvalue weighted by Crippen LogP contribution is -2.48. The number of hydrogen-bond donors (Lipinski definition) is 3. The van der Waals surface area contributed by atoms with Crippen LogP contribution in [0.4, 0.5) is 11.5 Å². The minimum atomic E-state index is -0.116. The van der Waals surface area contributed by atoms with Crippen LogP contribution in [0.5, 0.6) is 23.5 Å². The number of carbonyl (C=O) groups excluding carboxylic acids is 1. The molecule has 1 saturated heterocycles. The highest BCUT2D eigenvalue weighted by Gasteiger charge is 2.27. The first-order valence-electron chi connectivity index (χ1n) is 14.0. The van der Waals surface area contributed by atoms with Crippen LogP contribution in [-0.2, 0) is 17.8 Å². The summed E-state index contributed by atoms with van der Waals surface area (Å²) in [4.78, 5) is 32.3. The molecule has 2 aliphatic rings. The molecule has 0 unspecified atom stereocenters. The number of amides is 1. The van der Waals surface area contributed by atoms with Gasteiger partial charge in [0.2, 0.25) is 17.7 Å². The van der Waals surface area contributed by atoms with Crippen LogP contribution in [0.3, 0.4) is 0 Å². The number of piperazine rings is 1. The summed E-state index contributed by atoms with van der Waals surface area (Å²) in [7, 11) is 2.05. The molecule has 1 fully saturated rings. The van der Waals surface area contributed by atoms with Crippen molar-refractivity contribution in [2.75, 3.05) is 50.4 Å². The highest BCUT2D eigenvalue weighted by atomic mass is 35.5.